The van der Waals surface area contributed by atoms with Gasteiger partial charge < -0.3 is 10.5 Å². The minimum Gasteiger partial charge on any atom is -0.488 e. The fraction of sp³-hybridized carbons (Fsp3) is 0.143. The van der Waals surface area contributed by atoms with Gasteiger partial charge in [0, 0.05) is 22.7 Å². The highest BCUT2D eigenvalue weighted by Crippen LogP contribution is 2.24. The van der Waals surface area contributed by atoms with Crippen molar-refractivity contribution in [3.05, 3.63) is 64.2 Å². The third-order valence-corrected chi connectivity index (χ3v) is 2.89. The van der Waals surface area contributed by atoms with Gasteiger partial charge in [-0.2, -0.15) is 0 Å². The summed E-state index contributed by atoms with van der Waals surface area (Å²) in [5.41, 5.74) is 6.43. The predicted octanol–water partition coefficient (Wildman–Crippen LogP) is 3.66. The highest BCUT2D eigenvalue weighted by atomic mass is 35.5. The third kappa shape index (κ3) is 3.22. The first kappa shape index (κ1) is 13.8. The Hall–Kier alpha value is -1.65. The van der Waals surface area contributed by atoms with Gasteiger partial charge in [-0.3, -0.25) is 0 Å². The molecule has 0 heterocycles. The van der Waals surface area contributed by atoms with Gasteiger partial charge in [0.1, 0.15) is 12.4 Å². The molecule has 100 valence electrons. The minimum absolute atomic E-state index is 0.0712. The van der Waals surface area contributed by atoms with Crippen molar-refractivity contribution in [1.82, 2.24) is 0 Å². The molecule has 0 fully saturated rings. The van der Waals surface area contributed by atoms with Crippen LogP contribution in [0.4, 0.5) is 8.78 Å². The van der Waals surface area contributed by atoms with E-state index in [9.17, 15) is 8.78 Å². The van der Waals surface area contributed by atoms with Crippen molar-refractivity contribution in [1.29, 1.82) is 0 Å². The van der Waals surface area contributed by atoms with E-state index in [0.717, 1.165) is 6.07 Å². The standard InChI is InChI=1S/C14H12ClF2NO/c15-11-4-5-13(10(6-11)7-18)19-8-9-2-1-3-12(16)14(9)17/h1-6H,7-8,18H2. The van der Waals surface area contributed by atoms with Crippen LogP contribution in [0, 0.1) is 11.6 Å². The second-order valence-corrected chi connectivity index (χ2v) is 4.39. The molecule has 5 heteroatoms. The lowest BCUT2D eigenvalue weighted by atomic mass is 10.2. The Labute approximate surface area is 114 Å². The Bertz CT molecular complexity index is 590. The number of ether oxygens (including phenoxy) is 1. The Morgan fingerprint density at radius 2 is 1.89 bits per heavy atom. The first-order valence-corrected chi connectivity index (χ1v) is 6.04. The van der Waals surface area contributed by atoms with E-state index in [2.05, 4.69) is 0 Å². The number of hydrogen-bond acceptors (Lipinski definition) is 2. The van der Waals surface area contributed by atoms with E-state index in [1.807, 2.05) is 0 Å². The Morgan fingerprint density at radius 1 is 1.11 bits per heavy atom. The molecule has 0 atom stereocenters. The largest absolute Gasteiger partial charge is 0.488 e. The molecule has 2 aromatic rings. The van der Waals surface area contributed by atoms with E-state index in [1.54, 1.807) is 18.2 Å². The second-order valence-electron chi connectivity index (χ2n) is 3.96. The fourth-order valence-electron chi connectivity index (χ4n) is 1.66. The van der Waals surface area contributed by atoms with Crippen LogP contribution in [0.25, 0.3) is 0 Å². The van der Waals surface area contributed by atoms with Gasteiger partial charge in [-0.25, -0.2) is 8.78 Å². The molecule has 0 saturated heterocycles. The molecule has 0 amide bonds. The van der Waals surface area contributed by atoms with Crippen LogP contribution in [-0.2, 0) is 13.2 Å². The van der Waals surface area contributed by atoms with Crippen molar-refractivity contribution in [3.8, 4) is 5.75 Å². The van der Waals surface area contributed by atoms with E-state index in [1.165, 1.54) is 12.1 Å². The van der Waals surface area contributed by atoms with Crippen molar-refractivity contribution in [3.63, 3.8) is 0 Å². The SMILES string of the molecule is NCc1cc(Cl)ccc1OCc1cccc(F)c1F. The smallest absolute Gasteiger partial charge is 0.165 e. The van der Waals surface area contributed by atoms with Gasteiger partial charge in [0.05, 0.1) is 0 Å². The van der Waals surface area contributed by atoms with Crippen LogP contribution >= 0.6 is 11.6 Å². The minimum atomic E-state index is -0.897. The Kier molecular flexibility index (Phi) is 4.35. The molecule has 2 nitrogen and oxygen atoms in total. The highest BCUT2D eigenvalue weighted by molar-refractivity contribution is 6.30. The van der Waals surface area contributed by atoms with Gasteiger partial charge in [0.2, 0.25) is 0 Å². The van der Waals surface area contributed by atoms with Gasteiger partial charge in [0.25, 0.3) is 0 Å². The van der Waals surface area contributed by atoms with Crippen LogP contribution in [0.3, 0.4) is 0 Å². The summed E-state index contributed by atoms with van der Waals surface area (Å²) < 4.78 is 31.9. The lowest BCUT2D eigenvalue weighted by Gasteiger charge is -2.11. The summed E-state index contributed by atoms with van der Waals surface area (Å²) in [6, 6.07) is 8.95. The highest BCUT2D eigenvalue weighted by Gasteiger charge is 2.09. The van der Waals surface area contributed by atoms with Gasteiger partial charge >= 0.3 is 0 Å². The van der Waals surface area contributed by atoms with Crippen molar-refractivity contribution in [2.45, 2.75) is 13.2 Å². The molecule has 0 unspecified atom stereocenters. The lowest BCUT2D eigenvalue weighted by molar-refractivity contribution is 0.294. The normalized spacial score (nSPS) is 10.5. The number of halogens is 3. The van der Waals surface area contributed by atoms with Crippen LogP contribution in [0.15, 0.2) is 36.4 Å². The molecular formula is C14H12ClF2NO. The summed E-state index contributed by atoms with van der Waals surface area (Å²) in [4.78, 5) is 0. The maximum atomic E-state index is 13.5. The molecule has 2 N–H and O–H groups in total. The molecule has 2 aromatic carbocycles. The summed E-state index contributed by atoms with van der Waals surface area (Å²) >= 11 is 5.84. The van der Waals surface area contributed by atoms with Gasteiger partial charge in [-0.1, -0.05) is 23.7 Å². The van der Waals surface area contributed by atoms with Crippen LogP contribution in [-0.4, -0.2) is 0 Å². The summed E-state index contributed by atoms with van der Waals surface area (Å²) in [6.07, 6.45) is 0. The van der Waals surface area contributed by atoms with E-state index in [4.69, 9.17) is 22.1 Å². The maximum absolute atomic E-state index is 13.5. The monoisotopic (exact) mass is 283 g/mol. The Balaban J connectivity index is 2.17. The van der Waals surface area contributed by atoms with E-state index >= 15 is 0 Å². The zero-order chi connectivity index (χ0) is 13.8. The van der Waals surface area contributed by atoms with Crippen molar-refractivity contribution >= 4 is 11.6 Å². The van der Waals surface area contributed by atoms with Crippen LogP contribution in [0.2, 0.25) is 5.02 Å². The van der Waals surface area contributed by atoms with Crippen LogP contribution in [0.1, 0.15) is 11.1 Å². The summed E-state index contributed by atoms with van der Waals surface area (Å²) in [5.74, 6) is -1.28. The molecule has 0 aliphatic heterocycles. The zero-order valence-corrected chi connectivity index (χ0v) is 10.8. The average molecular weight is 284 g/mol. The Morgan fingerprint density at radius 3 is 2.63 bits per heavy atom. The first-order chi connectivity index (χ1) is 9.11. The van der Waals surface area contributed by atoms with Gasteiger partial charge in [-0.05, 0) is 24.3 Å². The molecule has 0 aliphatic carbocycles. The molecule has 0 spiro atoms. The van der Waals surface area contributed by atoms with Crippen LogP contribution in [0.5, 0.6) is 5.75 Å². The number of benzene rings is 2. The molecule has 0 radical (unpaired) electrons. The summed E-state index contributed by atoms with van der Waals surface area (Å²) in [7, 11) is 0. The number of hydrogen-bond donors (Lipinski definition) is 1. The molecular weight excluding hydrogens is 272 g/mol. The van der Waals surface area contributed by atoms with Gasteiger partial charge in [0.15, 0.2) is 11.6 Å². The lowest BCUT2D eigenvalue weighted by Crippen LogP contribution is -2.04. The van der Waals surface area contributed by atoms with E-state index in [-0.39, 0.29) is 18.7 Å². The molecule has 0 saturated carbocycles. The third-order valence-electron chi connectivity index (χ3n) is 2.66. The zero-order valence-electron chi connectivity index (χ0n) is 10.00. The molecule has 0 bridgehead atoms. The molecule has 19 heavy (non-hydrogen) atoms. The predicted molar refractivity (Wildman–Crippen MR) is 70.0 cm³/mol. The second kappa shape index (κ2) is 5.99. The summed E-state index contributed by atoms with van der Waals surface area (Å²) in [6.45, 7) is 0.180. The molecule has 0 aliphatic rings. The van der Waals surface area contributed by atoms with Gasteiger partial charge in [-0.15, -0.1) is 0 Å². The van der Waals surface area contributed by atoms with Crippen molar-refractivity contribution in [2.24, 2.45) is 5.73 Å². The first-order valence-electron chi connectivity index (χ1n) is 5.66. The molecule has 2 rings (SSSR count). The summed E-state index contributed by atoms with van der Waals surface area (Å²) in [5, 5.41) is 0.546. The fourth-order valence-corrected chi connectivity index (χ4v) is 1.86. The molecule has 0 aromatic heterocycles. The van der Waals surface area contributed by atoms with E-state index < -0.39 is 11.6 Å². The average Bonchev–Trinajstić information content (AvgIpc) is 2.41. The van der Waals surface area contributed by atoms with Crippen molar-refractivity contribution < 1.29 is 13.5 Å². The number of rotatable bonds is 4. The van der Waals surface area contributed by atoms with E-state index in [0.29, 0.717) is 16.3 Å². The quantitative estimate of drug-likeness (QED) is 0.929. The topological polar surface area (TPSA) is 35.2 Å². The number of nitrogens with two attached hydrogens (primary N) is 1. The maximum Gasteiger partial charge on any atom is 0.165 e. The van der Waals surface area contributed by atoms with Crippen molar-refractivity contribution in [2.75, 3.05) is 0 Å². The van der Waals surface area contributed by atoms with Crippen LogP contribution < -0.4 is 10.5 Å².